The average Bonchev–Trinajstić information content (AvgIpc) is 2.78. The van der Waals surface area contributed by atoms with E-state index in [-0.39, 0.29) is 11.5 Å². The lowest BCUT2D eigenvalue weighted by Gasteiger charge is -2.11. The molecular formula is C23H15F3N4O2. The summed E-state index contributed by atoms with van der Waals surface area (Å²) in [5.74, 6) is -0.225. The number of hydrogen-bond acceptors (Lipinski definition) is 4. The molecule has 1 aromatic heterocycles. The monoisotopic (exact) mass is 436 g/mol. The first-order valence-electron chi connectivity index (χ1n) is 9.40. The van der Waals surface area contributed by atoms with E-state index in [9.17, 15) is 22.8 Å². The Labute approximate surface area is 180 Å². The molecule has 9 heteroatoms. The molecule has 0 aliphatic carbocycles. The molecule has 0 atom stereocenters. The quantitative estimate of drug-likeness (QED) is 0.413. The number of rotatable bonds is 4. The van der Waals surface area contributed by atoms with Gasteiger partial charge in [-0.05, 0) is 60.7 Å². The number of anilines is 2. The van der Waals surface area contributed by atoms with E-state index in [0.29, 0.717) is 27.8 Å². The minimum absolute atomic E-state index is 0.00327. The van der Waals surface area contributed by atoms with Gasteiger partial charge in [-0.2, -0.15) is 13.2 Å². The Balaban J connectivity index is 1.43. The first-order valence-corrected chi connectivity index (χ1v) is 9.40. The van der Waals surface area contributed by atoms with Gasteiger partial charge in [-0.1, -0.05) is 6.07 Å². The number of benzene rings is 3. The summed E-state index contributed by atoms with van der Waals surface area (Å²) in [5, 5.41) is 4.87. The smallest absolute Gasteiger partial charge is 0.308 e. The number of carbonyl (C=O) groups is 2. The summed E-state index contributed by atoms with van der Waals surface area (Å²) in [7, 11) is 0. The van der Waals surface area contributed by atoms with Crippen molar-refractivity contribution in [3.63, 3.8) is 0 Å². The highest BCUT2D eigenvalue weighted by Crippen LogP contribution is 2.30. The number of aromatic nitrogens is 2. The van der Waals surface area contributed by atoms with Gasteiger partial charge in [0.05, 0.1) is 16.6 Å². The van der Waals surface area contributed by atoms with Gasteiger partial charge in [-0.3, -0.25) is 14.8 Å². The Bertz CT molecular complexity index is 1300. The van der Waals surface area contributed by atoms with Crippen LogP contribution >= 0.6 is 0 Å². The van der Waals surface area contributed by atoms with Crippen molar-refractivity contribution in [2.75, 3.05) is 10.6 Å². The molecule has 2 N–H and O–H groups in total. The van der Waals surface area contributed by atoms with Crippen molar-refractivity contribution in [3.8, 4) is 0 Å². The molecule has 0 saturated heterocycles. The summed E-state index contributed by atoms with van der Waals surface area (Å²) < 4.78 is 38.4. The van der Waals surface area contributed by atoms with Crippen LogP contribution in [-0.4, -0.2) is 21.8 Å². The number of ketones is 1. The normalized spacial score (nSPS) is 11.2. The van der Waals surface area contributed by atoms with Crippen LogP contribution in [0.5, 0.6) is 0 Å². The summed E-state index contributed by atoms with van der Waals surface area (Å²) in [4.78, 5) is 33.2. The van der Waals surface area contributed by atoms with Crippen LogP contribution in [0.1, 0.15) is 21.5 Å². The van der Waals surface area contributed by atoms with Gasteiger partial charge in [0, 0.05) is 34.9 Å². The van der Waals surface area contributed by atoms with Crippen molar-refractivity contribution in [3.05, 3.63) is 95.8 Å². The van der Waals surface area contributed by atoms with E-state index in [1.807, 2.05) is 0 Å². The van der Waals surface area contributed by atoms with Crippen molar-refractivity contribution in [1.82, 2.24) is 9.97 Å². The third-order valence-electron chi connectivity index (χ3n) is 4.58. The molecule has 2 amide bonds. The molecule has 0 unspecified atom stereocenters. The van der Waals surface area contributed by atoms with Gasteiger partial charge >= 0.3 is 12.2 Å². The number of carbonyl (C=O) groups excluding carboxylic acids is 2. The lowest BCUT2D eigenvalue weighted by atomic mass is 10.0. The molecule has 0 saturated carbocycles. The molecule has 4 rings (SSSR count). The van der Waals surface area contributed by atoms with Crippen molar-refractivity contribution < 1.29 is 22.8 Å². The maximum absolute atomic E-state index is 12.8. The molecular weight excluding hydrogens is 421 g/mol. The summed E-state index contributed by atoms with van der Waals surface area (Å²) in [6.07, 6.45) is -1.39. The predicted molar refractivity (Wildman–Crippen MR) is 113 cm³/mol. The molecule has 0 bridgehead atoms. The summed E-state index contributed by atoms with van der Waals surface area (Å²) >= 11 is 0. The van der Waals surface area contributed by atoms with Crippen LogP contribution in [0, 0.1) is 0 Å². The number of fused-ring (bicyclic) bond motifs is 1. The number of halogens is 3. The maximum atomic E-state index is 12.8. The lowest BCUT2D eigenvalue weighted by molar-refractivity contribution is -0.137. The minimum atomic E-state index is -4.51. The fraction of sp³-hybridized carbons (Fsp3) is 0.0435. The zero-order valence-corrected chi connectivity index (χ0v) is 16.4. The molecule has 4 aromatic rings. The van der Waals surface area contributed by atoms with Gasteiger partial charge in [-0.25, -0.2) is 4.79 Å². The summed E-state index contributed by atoms with van der Waals surface area (Å²) in [5.41, 5.74) is 1.63. The van der Waals surface area contributed by atoms with E-state index in [0.717, 1.165) is 12.1 Å². The van der Waals surface area contributed by atoms with Gasteiger partial charge in [0.2, 0.25) is 0 Å². The molecule has 0 radical (unpaired) electrons. The fourth-order valence-electron chi connectivity index (χ4n) is 3.04. The van der Waals surface area contributed by atoms with Crippen LogP contribution in [0.2, 0.25) is 0 Å². The number of amides is 2. The number of nitrogens with zero attached hydrogens (tertiary/aromatic N) is 2. The molecule has 160 valence electrons. The second-order valence-electron chi connectivity index (χ2n) is 6.82. The number of nitrogens with one attached hydrogen (secondary N) is 2. The standard InChI is InChI=1S/C23H15F3N4O2/c24-23(25,26)16-2-1-3-18(13-16)30-22(32)29-17-7-4-14(5-8-17)21(31)15-6-9-19-20(12-15)28-11-10-27-19/h1-13H,(H2,29,30,32). The third kappa shape index (κ3) is 4.72. The minimum Gasteiger partial charge on any atom is -0.308 e. The van der Waals surface area contributed by atoms with E-state index < -0.39 is 17.8 Å². The number of urea groups is 1. The van der Waals surface area contributed by atoms with E-state index in [4.69, 9.17) is 0 Å². The van der Waals surface area contributed by atoms with E-state index in [2.05, 4.69) is 20.6 Å². The molecule has 0 spiro atoms. The Kier molecular flexibility index (Phi) is 5.55. The second-order valence-corrected chi connectivity index (χ2v) is 6.82. The molecule has 3 aromatic carbocycles. The molecule has 6 nitrogen and oxygen atoms in total. The fourth-order valence-corrected chi connectivity index (χ4v) is 3.04. The summed E-state index contributed by atoms with van der Waals surface area (Å²) in [6.45, 7) is 0. The Morgan fingerprint density at radius 1 is 0.719 bits per heavy atom. The second kappa shape index (κ2) is 8.46. The van der Waals surface area contributed by atoms with Crippen molar-refractivity contribution >= 4 is 34.2 Å². The molecule has 1 heterocycles. The van der Waals surface area contributed by atoms with Gasteiger partial charge in [-0.15, -0.1) is 0 Å². The zero-order chi connectivity index (χ0) is 22.7. The predicted octanol–water partition coefficient (Wildman–Crippen LogP) is 5.52. The van der Waals surface area contributed by atoms with Crippen molar-refractivity contribution in [2.45, 2.75) is 6.18 Å². The van der Waals surface area contributed by atoms with Crippen LogP contribution in [0.25, 0.3) is 11.0 Å². The zero-order valence-electron chi connectivity index (χ0n) is 16.4. The van der Waals surface area contributed by atoms with Gasteiger partial charge in [0.15, 0.2) is 5.78 Å². The van der Waals surface area contributed by atoms with Crippen LogP contribution < -0.4 is 10.6 Å². The Hall–Kier alpha value is -4.27. The lowest BCUT2D eigenvalue weighted by Crippen LogP contribution is -2.19. The highest BCUT2D eigenvalue weighted by atomic mass is 19.4. The number of alkyl halides is 3. The van der Waals surface area contributed by atoms with E-state index >= 15 is 0 Å². The number of hydrogen-bond donors (Lipinski definition) is 2. The van der Waals surface area contributed by atoms with E-state index in [1.54, 1.807) is 42.7 Å². The van der Waals surface area contributed by atoms with Crippen molar-refractivity contribution in [2.24, 2.45) is 0 Å². The van der Waals surface area contributed by atoms with Crippen molar-refractivity contribution in [1.29, 1.82) is 0 Å². The first kappa shape index (κ1) is 21.0. The maximum Gasteiger partial charge on any atom is 0.416 e. The highest BCUT2D eigenvalue weighted by molar-refractivity contribution is 6.10. The molecule has 32 heavy (non-hydrogen) atoms. The molecule has 0 aliphatic rings. The molecule has 0 fully saturated rings. The van der Waals surface area contributed by atoms with Crippen LogP contribution in [0.3, 0.4) is 0 Å². The van der Waals surface area contributed by atoms with Crippen LogP contribution in [0.15, 0.2) is 79.1 Å². The SMILES string of the molecule is O=C(Nc1ccc(C(=O)c2ccc3nccnc3c2)cc1)Nc1cccc(C(F)(F)F)c1. The first-order chi connectivity index (χ1) is 15.3. The summed E-state index contributed by atoms with van der Waals surface area (Å²) in [6, 6.07) is 14.8. The average molecular weight is 436 g/mol. The Morgan fingerprint density at radius 2 is 1.38 bits per heavy atom. The topological polar surface area (TPSA) is 84.0 Å². The third-order valence-corrected chi connectivity index (χ3v) is 4.58. The largest absolute Gasteiger partial charge is 0.416 e. The molecule has 0 aliphatic heterocycles. The van der Waals surface area contributed by atoms with Crippen LogP contribution in [0.4, 0.5) is 29.3 Å². The van der Waals surface area contributed by atoms with Gasteiger partial charge < -0.3 is 10.6 Å². The Morgan fingerprint density at radius 3 is 2.09 bits per heavy atom. The highest BCUT2D eigenvalue weighted by Gasteiger charge is 2.30. The van der Waals surface area contributed by atoms with Gasteiger partial charge in [0.25, 0.3) is 0 Å². The van der Waals surface area contributed by atoms with Gasteiger partial charge in [0.1, 0.15) is 0 Å². The van der Waals surface area contributed by atoms with Crippen LogP contribution in [-0.2, 0) is 6.18 Å². The van der Waals surface area contributed by atoms with E-state index in [1.165, 1.54) is 24.3 Å².